The summed E-state index contributed by atoms with van der Waals surface area (Å²) in [5.74, 6) is -0.216. The Kier molecular flexibility index (Phi) is 4.38. The summed E-state index contributed by atoms with van der Waals surface area (Å²) in [7, 11) is 0. The molecule has 5 nitrogen and oxygen atoms in total. The Balaban J connectivity index is 1.77. The summed E-state index contributed by atoms with van der Waals surface area (Å²) in [6, 6.07) is 7.82. The van der Waals surface area contributed by atoms with Crippen LogP contribution in [-0.2, 0) is 19.7 Å². The minimum absolute atomic E-state index is 0.0449. The maximum absolute atomic E-state index is 12.9. The van der Waals surface area contributed by atoms with Crippen molar-refractivity contribution in [3.63, 3.8) is 0 Å². The lowest BCUT2D eigenvalue weighted by Crippen LogP contribution is -2.47. The SMILES string of the molecule is CC(C)(C)c1ccccc1NC(=O)C1(C(=O)N2CCOCC2)CC1. The van der Waals surface area contributed by atoms with Crippen LogP contribution in [0.4, 0.5) is 5.69 Å². The van der Waals surface area contributed by atoms with E-state index in [9.17, 15) is 9.59 Å². The third-order valence-corrected chi connectivity index (χ3v) is 4.88. The molecule has 5 heteroatoms. The third-order valence-electron chi connectivity index (χ3n) is 4.88. The van der Waals surface area contributed by atoms with E-state index in [1.54, 1.807) is 4.90 Å². The number of nitrogens with one attached hydrogen (secondary N) is 1. The number of para-hydroxylation sites is 1. The number of morpholine rings is 1. The predicted molar refractivity (Wildman–Crippen MR) is 92.8 cm³/mol. The highest BCUT2D eigenvalue weighted by atomic mass is 16.5. The molecule has 1 aliphatic heterocycles. The Hall–Kier alpha value is -1.88. The fraction of sp³-hybridized carbons (Fsp3) is 0.579. The van der Waals surface area contributed by atoms with E-state index in [0.717, 1.165) is 11.3 Å². The smallest absolute Gasteiger partial charge is 0.240 e. The zero-order chi connectivity index (χ0) is 17.4. The molecule has 1 saturated heterocycles. The Morgan fingerprint density at radius 2 is 1.75 bits per heavy atom. The molecule has 1 aromatic carbocycles. The lowest BCUT2D eigenvalue weighted by molar-refractivity contribution is -0.145. The highest BCUT2D eigenvalue weighted by Gasteiger charge is 2.58. The van der Waals surface area contributed by atoms with E-state index in [1.807, 2.05) is 24.3 Å². The molecule has 24 heavy (non-hydrogen) atoms. The van der Waals surface area contributed by atoms with E-state index in [4.69, 9.17) is 4.74 Å². The molecular weight excluding hydrogens is 304 g/mol. The zero-order valence-electron chi connectivity index (χ0n) is 14.7. The Morgan fingerprint density at radius 1 is 1.12 bits per heavy atom. The summed E-state index contributed by atoms with van der Waals surface area (Å²) >= 11 is 0. The number of ether oxygens (including phenoxy) is 1. The van der Waals surface area contributed by atoms with E-state index in [0.29, 0.717) is 39.1 Å². The average molecular weight is 330 g/mol. The number of nitrogens with zero attached hydrogens (tertiary/aromatic N) is 1. The monoisotopic (exact) mass is 330 g/mol. The fourth-order valence-electron chi connectivity index (χ4n) is 3.22. The van der Waals surface area contributed by atoms with Crippen molar-refractivity contribution in [3.05, 3.63) is 29.8 Å². The largest absolute Gasteiger partial charge is 0.378 e. The highest BCUT2D eigenvalue weighted by Crippen LogP contribution is 2.48. The van der Waals surface area contributed by atoms with E-state index in [2.05, 4.69) is 26.1 Å². The number of carbonyl (C=O) groups is 2. The van der Waals surface area contributed by atoms with Gasteiger partial charge in [-0.05, 0) is 29.9 Å². The van der Waals surface area contributed by atoms with Crippen LogP contribution < -0.4 is 5.32 Å². The lowest BCUT2D eigenvalue weighted by Gasteiger charge is -2.30. The van der Waals surface area contributed by atoms with Crippen molar-refractivity contribution in [1.82, 2.24) is 4.90 Å². The molecule has 0 spiro atoms. The fourth-order valence-corrected chi connectivity index (χ4v) is 3.22. The molecule has 1 aromatic rings. The van der Waals surface area contributed by atoms with Crippen LogP contribution in [0.1, 0.15) is 39.2 Å². The van der Waals surface area contributed by atoms with Gasteiger partial charge in [-0.25, -0.2) is 0 Å². The summed E-state index contributed by atoms with van der Waals surface area (Å²) in [6.45, 7) is 8.60. The number of anilines is 1. The molecule has 0 bridgehead atoms. The molecule has 0 unspecified atom stereocenters. The molecule has 1 aliphatic carbocycles. The summed E-state index contributed by atoms with van der Waals surface area (Å²) in [5.41, 5.74) is 0.931. The van der Waals surface area contributed by atoms with Gasteiger partial charge in [0.2, 0.25) is 11.8 Å². The summed E-state index contributed by atoms with van der Waals surface area (Å²) in [6.07, 6.45) is 1.26. The summed E-state index contributed by atoms with van der Waals surface area (Å²) in [4.78, 5) is 27.4. The quantitative estimate of drug-likeness (QED) is 0.867. The van der Waals surface area contributed by atoms with Crippen molar-refractivity contribution in [2.45, 2.75) is 39.0 Å². The minimum atomic E-state index is -0.873. The van der Waals surface area contributed by atoms with Gasteiger partial charge in [-0.1, -0.05) is 39.0 Å². The number of hydrogen-bond donors (Lipinski definition) is 1. The lowest BCUT2D eigenvalue weighted by atomic mass is 9.85. The molecule has 3 rings (SSSR count). The number of amides is 2. The average Bonchev–Trinajstić information content (AvgIpc) is 3.36. The van der Waals surface area contributed by atoms with Crippen LogP contribution >= 0.6 is 0 Å². The first-order chi connectivity index (χ1) is 11.3. The molecular formula is C19H26N2O3. The van der Waals surface area contributed by atoms with Crippen molar-refractivity contribution < 1.29 is 14.3 Å². The van der Waals surface area contributed by atoms with Crippen LogP contribution in [0.2, 0.25) is 0 Å². The van der Waals surface area contributed by atoms with Crippen molar-refractivity contribution in [3.8, 4) is 0 Å². The van der Waals surface area contributed by atoms with Crippen molar-refractivity contribution >= 4 is 17.5 Å². The maximum atomic E-state index is 12.9. The van der Waals surface area contributed by atoms with Gasteiger partial charge in [-0.2, -0.15) is 0 Å². The van der Waals surface area contributed by atoms with E-state index >= 15 is 0 Å². The molecule has 130 valence electrons. The molecule has 0 atom stereocenters. The Bertz CT molecular complexity index is 638. The van der Waals surface area contributed by atoms with Crippen LogP contribution in [0.25, 0.3) is 0 Å². The van der Waals surface area contributed by atoms with E-state index < -0.39 is 5.41 Å². The second kappa shape index (κ2) is 6.20. The van der Waals surface area contributed by atoms with Crippen LogP contribution in [0.3, 0.4) is 0 Å². The van der Waals surface area contributed by atoms with Gasteiger partial charge in [0.1, 0.15) is 5.41 Å². The van der Waals surface area contributed by atoms with Crippen LogP contribution in [0, 0.1) is 5.41 Å². The molecule has 2 amide bonds. The second-order valence-electron chi connectivity index (χ2n) is 7.74. The minimum Gasteiger partial charge on any atom is -0.378 e. The van der Waals surface area contributed by atoms with Gasteiger partial charge in [-0.3, -0.25) is 9.59 Å². The third kappa shape index (κ3) is 3.18. The number of benzene rings is 1. The first-order valence-corrected chi connectivity index (χ1v) is 8.63. The zero-order valence-corrected chi connectivity index (χ0v) is 14.7. The second-order valence-corrected chi connectivity index (χ2v) is 7.74. The first kappa shape index (κ1) is 17.0. The molecule has 1 saturated carbocycles. The molecule has 2 aliphatic rings. The Labute approximate surface area is 143 Å². The number of rotatable bonds is 3. The molecule has 1 heterocycles. The van der Waals surface area contributed by atoms with Gasteiger partial charge in [0, 0.05) is 18.8 Å². The Morgan fingerprint density at radius 3 is 2.33 bits per heavy atom. The van der Waals surface area contributed by atoms with Gasteiger partial charge in [0.05, 0.1) is 13.2 Å². The summed E-state index contributed by atoms with van der Waals surface area (Å²) in [5, 5.41) is 3.02. The maximum Gasteiger partial charge on any atom is 0.240 e. The van der Waals surface area contributed by atoms with Gasteiger partial charge in [0.25, 0.3) is 0 Å². The van der Waals surface area contributed by atoms with Gasteiger partial charge >= 0.3 is 0 Å². The highest BCUT2D eigenvalue weighted by molar-refractivity contribution is 6.13. The van der Waals surface area contributed by atoms with Crippen molar-refractivity contribution in [2.75, 3.05) is 31.6 Å². The number of hydrogen-bond acceptors (Lipinski definition) is 3. The van der Waals surface area contributed by atoms with Gasteiger partial charge < -0.3 is 15.0 Å². The topological polar surface area (TPSA) is 58.6 Å². The molecule has 0 aromatic heterocycles. The molecule has 2 fully saturated rings. The number of carbonyl (C=O) groups excluding carboxylic acids is 2. The predicted octanol–water partition coefficient (Wildman–Crippen LogP) is 2.56. The first-order valence-electron chi connectivity index (χ1n) is 8.63. The molecule has 0 radical (unpaired) electrons. The standard InChI is InChI=1S/C19H26N2O3/c1-18(2,3)14-6-4-5-7-15(14)20-16(22)19(8-9-19)17(23)21-10-12-24-13-11-21/h4-7H,8-13H2,1-3H3,(H,20,22). The molecule has 1 N–H and O–H groups in total. The van der Waals surface area contributed by atoms with Crippen molar-refractivity contribution in [2.24, 2.45) is 5.41 Å². The van der Waals surface area contributed by atoms with Gasteiger partial charge in [0.15, 0.2) is 0 Å². The van der Waals surface area contributed by atoms with Crippen molar-refractivity contribution in [1.29, 1.82) is 0 Å². The van der Waals surface area contributed by atoms with E-state index in [1.165, 1.54) is 0 Å². The van der Waals surface area contributed by atoms with Crippen LogP contribution in [0.15, 0.2) is 24.3 Å². The summed E-state index contributed by atoms with van der Waals surface area (Å²) < 4.78 is 5.30. The van der Waals surface area contributed by atoms with Gasteiger partial charge in [-0.15, -0.1) is 0 Å². The normalized spacial score (nSPS) is 19.7. The van der Waals surface area contributed by atoms with Crippen LogP contribution in [-0.4, -0.2) is 43.0 Å². The van der Waals surface area contributed by atoms with E-state index in [-0.39, 0.29) is 17.2 Å². The van der Waals surface area contributed by atoms with Crippen LogP contribution in [0.5, 0.6) is 0 Å².